The molecule has 6 heteroatoms. The van der Waals surface area contributed by atoms with Crippen molar-refractivity contribution in [3.8, 4) is 0 Å². The number of carbonyl (C=O) groups excluding carboxylic acids is 1. The lowest BCUT2D eigenvalue weighted by Gasteiger charge is -2.07. The van der Waals surface area contributed by atoms with Crippen molar-refractivity contribution in [2.45, 2.75) is 26.9 Å². The molecule has 1 aromatic rings. The maximum absolute atomic E-state index is 12.1. The van der Waals surface area contributed by atoms with Crippen molar-refractivity contribution in [2.24, 2.45) is 5.73 Å². The molecule has 0 aliphatic heterocycles. The number of primary amides is 1. The highest BCUT2D eigenvalue weighted by Crippen LogP contribution is 2.29. The number of hydrogen-bond acceptors (Lipinski definition) is 2. The summed E-state index contributed by atoms with van der Waals surface area (Å²) in [5.41, 5.74) is 3.98. The van der Waals surface area contributed by atoms with Crippen LogP contribution in [0.15, 0.2) is 12.3 Å². The van der Waals surface area contributed by atoms with Gasteiger partial charge < -0.3 is 5.73 Å². The molecule has 1 rings (SSSR count). The fourth-order valence-electron chi connectivity index (χ4n) is 0.988. The zero-order chi connectivity index (χ0) is 12.9. The van der Waals surface area contributed by atoms with Crippen LogP contribution in [0.3, 0.4) is 0 Å². The van der Waals surface area contributed by atoms with E-state index in [1.165, 1.54) is 6.92 Å². The Morgan fingerprint density at radius 2 is 1.94 bits per heavy atom. The van der Waals surface area contributed by atoms with E-state index >= 15 is 0 Å². The smallest absolute Gasteiger partial charge is 0.364 e. The van der Waals surface area contributed by atoms with Crippen LogP contribution in [0.2, 0.25) is 0 Å². The van der Waals surface area contributed by atoms with Gasteiger partial charge in [-0.05, 0) is 18.6 Å². The number of amides is 1. The van der Waals surface area contributed by atoms with Gasteiger partial charge >= 0.3 is 6.18 Å². The van der Waals surface area contributed by atoms with Gasteiger partial charge in [0.25, 0.3) is 5.91 Å². The van der Waals surface area contributed by atoms with E-state index in [-0.39, 0.29) is 12.7 Å². The zero-order valence-electron chi connectivity index (χ0n) is 9.22. The maximum Gasteiger partial charge on any atom is 0.417 e. The molecule has 0 bridgehead atoms. The van der Waals surface area contributed by atoms with Gasteiger partial charge in [0.1, 0.15) is 5.69 Å². The summed E-state index contributed by atoms with van der Waals surface area (Å²) < 4.78 is 36.4. The second kappa shape index (κ2) is 5.48. The van der Waals surface area contributed by atoms with Crippen LogP contribution >= 0.6 is 0 Å². The normalized spacial score (nSPS) is 10.4. The molecule has 92 valence electrons. The maximum atomic E-state index is 12.1. The molecule has 16 heavy (non-hydrogen) atoms. The molecular formula is C10H15F3N2O. The number of nitrogens with two attached hydrogens (primary N) is 1. The predicted molar refractivity (Wildman–Crippen MR) is 56.0 cm³/mol. The number of rotatable bonds is 1. The van der Waals surface area contributed by atoms with Crippen molar-refractivity contribution in [3.63, 3.8) is 0 Å². The Kier molecular flexibility index (Phi) is 4.94. The van der Waals surface area contributed by atoms with Crippen LogP contribution < -0.4 is 5.73 Å². The van der Waals surface area contributed by atoms with Gasteiger partial charge in [0, 0.05) is 7.62 Å². The van der Waals surface area contributed by atoms with E-state index in [1.54, 1.807) is 0 Å². The van der Waals surface area contributed by atoms with E-state index in [0.717, 1.165) is 6.07 Å². The van der Waals surface area contributed by atoms with Crippen molar-refractivity contribution < 1.29 is 19.4 Å². The fourth-order valence-corrected chi connectivity index (χ4v) is 0.988. The standard InChI is InChI=1S/C8H7F3N2O.C2H6.H2/c1-4-2-5(8(9,10)11)3-13-6(4)7(12)14;1-2;/h2-3H,1H3,(H2,12,14);1-2H3;1H. The first-order chi connectivity index (χ1) is 7.32. The van der Waals surface area contributed by atoms with Gasteiger partial charge in [-0.1, -0.05) is 13.8 Å². The number of aryl methyl sites for hydroxylation is 1. The zero-order valence-corrected chi connectivity index (χ0v) is 9.22. The first-order valence-corrected chi connectivity index (χ1v) is 4.66. The number of carbonyl (C=O) groups is 1. The highest BCUT2D eigenvalue weighted by atomic mass is 19.4. The number of nitrogens with zero attached hydrogens (tertiary/aromatic N) is 1. The highest BCUT2D eigenvalue weighted by molar-refractivity contribution is 5.92. The van der Waals surface area contributed by atoms with Crippen molar-refractivity contribution >= 4 is 5.91 Å². The molecule has 0 aliphatic carbocycles. The predicted octanol–water partition coefficient (Wildman–Crippen LogP) is 2.78. The first kappa shape index (κ1) is 14.4. The van der Waals surface area contributed by atoms with Gasteiger partial charge in [-0.3, -0.25) is 9.78 Å². The molecule has 2 N–H and O–H groups in total. The summed E-state index contributed by atoms with van der Waals surface area (Å²) >= 11 is 0. The Hall–Kier alpha value is -1.59. The SMILES string of the molecule is CC.Cc1cc(C(F)(F)F)cnc1C(N)=O.[HH]. The molecule has 0 saturated carbocycles. The van der Waals surface area contributed by atoms with E-state index in [2.05, 4.69) is 4.98 Å². The van der Waals surface area contributed by atoms with Crippen molar-refractivity contribution in [1.29, 1.82) is 0 Å². The molecule has 0 atom stereocenters. The summed E-state index contributed by atoms with van der Waals surface area (Å²) in [6.07, 6.45) is -3.86. The molecule has 1 heterocycles. The number of pyridine rings is 1. The molecule has 0 unspecified atom stereocenters. The van der Waals surface area contributed by atoms with Crippen LogP contribution in [-0.4, -0.2) is 10.9 Å². The van der Waals surface area contributed by atoms with Gasteiger partial charge in [0.15, 0.2) is 0 Å². The minimum atomic E-state index is -4.45. The lowest BCUT2D eigenvalue weighted by atomic mass is 10.1. The molecule has 1 amide bonds. The second-order valence-corrected chi connectivity index (χ2v) is 2.75. The second-order valence-electron chi connectivity index (χ2n) is 2.75. The summed E-state index contributed by atoms with van der Waals surface area (Å²) in [5, 5.41) is 0. The van der Waals surface area contributed by atoms with Gasteiger partial charge in [-0.2, -0.15) is 13.2 Å². The average Bonchev–Trinajstić information content (AvgIpc) is 2.18. The molecule has 3 nitrogen and oxygen atoms in total. The number of alkyl halides is 3. The molecule has 0 saturated heterocycles. The third kappa shape index (κ3) is 3.52. The summed E-state index contributed by atoms with van der Waals surface area (Å²) in [6.45, 7) is 5.35. The van der Waals surface area contributed by atoms with Crippen LogP contribution in [0, 0.1) is 6.92 Å². The van der Waals surface area contributed by atoms with Gasteiger partial charge in [0.2, 0.25) is 0 Å². The van der Waals surface area contributed by atoms with Crippen LogP contribution in [-0.2, 0) is 6.18 Å². The molecular weight excluding hydrogens is 221 g/mol. The highest BCUT2D eigenvalue weighted by Gasteiger charge is 2.31. The Labute approximate surface area is 93.0 Å². The minimum Gasteiger partial charge on any atom is -0.364 e. The number of aromatic nitrogens is 1. The Bertz CT molecular complexity index is 380. The molecule has 1 aromatic heterocycles. The quantitative estimate of drug-likeness (QED) is 0.815. The largest absolute Gasteiger partial charge is 0.417 e. The minimum absolute atomic E-state index is 0. The molecule has 0 radical (unpaired) electrons. The van der Waals surface area contributed by atoms with Crippen molar-refractivity contribution in [3.05, 3.63) is 29.1 Å². The number of hydrogen-bond donors (Lipinski definition) is 1. The topological polar surface area (TPSA) is 56.0 Å². The third-order valence-corrected chi connectivity index (χ3v) is 1.64. The summed E-state index contributed by atoms with van der Waals surface area (Å²) in [4.78, 5) is 14.0. The first-order valence-electron chi connectivity index (χ1n) is 4.66. The van der Waals surface area contributed by atoms with Crippen LogP contribution in [0.1, 0.15) is 36.9 Å². The Morgan fingerprint density at radius 3 is 2.25 bits per heavy atom. The van der Waals surface area contributed by atoms with Gasteiger partial charge in [-0.25, -0.2) is 0 Å². The van der Waals surface area contributed by atoms with E-state index in [9.17, 15) is 18.0 Å². The molecule has 0 spiro atoms. The molecule has 0 aromatic carbocycles. The lowest BCUT2D eigenvalue weighted by molar-refractivity contribution is -0.137. The fraction of sp³-hybridized carbons (Fsp3) is 0.400. The van der Waals surface area contributed by atoms with Crippen LogP contribution in [0.5, 0.6) is 0 Å². The molecule has 0 aliphatic rings. The lowest BCUT2D eigenvalue weighted by Crippen LogP contribution is -2.16. The Balaban J connectivity index is 0. The van der Waals surface area contributed by atoms with Crippen molar-refractivity contribution in [1.82, 2.24) is 4.98 Å². The van der Waals surface area contributed by atoms with E-state index in [0.29, 0.717) is 6.20 Å². The van der Waals surface area contributed by atoms with Crippen molar-refractivity contribution in [2.75, 3.05) is 0 Å². The van der Waals surface area contributed by atoms with E-state index < -0.39 is 17.6 Å². The van der Waals surface area contributed by atoms with Gasteiger partial charge in [0.05, 0.1) is 5.56 Å². The monoisotopic (exact) mass is 236 g/mol. The molecule has 0 fully saturated rings. The van der Waals surface area contributed by atoms with E-state index in [1.807, 2.05) is 13.8 Å². The number of halogens is 3. The summed E-state index contributed by atoms with van der Waals surface area (Å²) in [7, 11) is 0. The average molecular weight is 236 g/mol. The summed E-state index contributed by atoms with van der Waals surface area (Å²) in [6, 6.07) is 0.840. The third-order valence-electron chi connectivity index (χ3n) is 1.64. The summed E-state index contributed by atoms with van der Waals surface area (Å²) in [5.74, 6) is -0.837. The van der Waals surface area contributed by atoms with Gasteiger partial charge in [-0.15, -0.1) is 0 Å². The van der Waals surface area contributed by atoms with E-state index in [4.69, 9.17) is 5.73 Å². The van der Waals surface area contributed by atoms with Crippen LogP contribution in [0.25, 0.3) is 0 Å². The Morgan fingerprint density at radius 1 is 1.44 bits per heavy atom. The van der Waals surface area contributed by atoms with Crippen LogP contribution in [0.4, 0.5) is 13.2 Å².